The third-order valence-electron chi connectivity index (χ3n) is 1.96. The van der Waals surface area contributed by atoms with E-state index in [2.05, 4.69) is 5.32 Å². The Hall–Kier alpha value is -1.26. The van der Waals surface area contributed by atoms with Crippen molar-refractivity contribution in [1.29, 1.82) is 0 Å². The van der Waals surface area contributed by atoms with Gasteiger partial charge in [0.15, 0.2) is 0 Å². The maximum absolute atomic E-state index is 11.7. The van der Waals surface area contributed by atoms with Crippen molar-refractivity contribution in [3.05, 3.63) is 33.8 Å². The van der Waals surface area contributed by atoms with E-state index in [0.29, 0.717) is 0 Å². The van der Waals surface area contributed by atoms with E-state index in [1.165, 1.54) is 19.1 Å². The molecule has 86 valence electrons. The van der Waals surface area contributed by atoms with E-state index in [4.69, 9.17) is 28.9 Å². The summed E-state index contributed by atoms with van der Waals surface area (Å²) in [6, 6.07) is 3.92. The number of primary amides is 1. The van der Waals surface area contributed by atoms with E-state index < -0.39 is 17.9 Å². The van der Waals surface area contributed by atoms with Crippen LogP contribution in [0.15, 0.2) is 18.2 Å². The lowest BCUT2D eigenvalue weighted by Gasteiger charge is -2.11. The second kappa shape index (κ2) is 5.18. The third-order valence-corrected chi connectivity index (χ3v) is 2.59. The molecule has 1 rings (SSSR count). The number of hydrogen-bond donors (Lipinski definition) is 2. The van der Waals surface area contributed by atoms with Crippen LogP contribution in [0.5, 0.6) is 0 Å². The summed E-state index contributed by atoms with van der Waals surface area (Å²) in [4.78, 5) is 22.5. The Bertz CT molecular complexity index is 415. The molecule has 0 heterocycles. The van der Waals surface area contributed by atoms with Crippen molar-refractivity contribution < 1.29 is 9.59 Å². The van der Waals surface area contributed by atoms with Crippen molar-refractivity contribution in [2.45, 2.75) is 13.0 Å². The van der Waals surface area contributed by atoms with Crippen LogP contribution in [0.1, 0.15) is 17.3 Å². The first kappa shape index (κ1) is 12.8. The van der Waals surface area contributed by atoms with Crippen LogP contribution < -0.4 is 11.1 Å². The van der Waals surface area contributed by atoms with E-state index in [0.717, 1.165) is 0 Å². The summed E-state index contributed by atoms with van der Waals surface area (Å²) in [6.07, 6.45) is 0. The van der Waals surface area contributed by atoms with Crippen LogP contribution in [0.25, 0.3) is 0 Å². The second-order valence-electron chi connectivity index (χ2n) is 3.19. The number of amides is 2. The highest BCUT2D eigenvalue weighted by Gasteiger charge is 2.18. The number of carbonyl (C=O) groups is 2. The molecule has 0 bridgehead atoms. The number of halogens is 2. The fraction of sp³-hybridized carbons (Fsp3) is 0.200. The van der Waals surface area contributed by atoms with E-state index in [-0.39, 0.29) is 15.6 Å². The smallest absolute Gasteiger partial charge is 0.254 e. The molecule has 1 atom stereocenters. The minimum atomic E-state index is -0.778. The zero-order valence-corrected chi connectivity index (χ0v) is 9.97. The molecule has 2 amide bonds. The molecule has 0 aliphatic rings. The Morgan fingerprint density at radius 1 is 1.31 bits per heavy atom. The Morgan fingerprint density at radius 2 is 1.81 bits per heavy atom. The molecular formula is C10H10Cl2N2O2. The van der Waals surface area contributed by atoms with Gasteiger partial charge in [0.25, 0.3) is 5.91 Å². The summed E-state index contributed by atoms with van der Waals surface area (Å²) >= 11 is 11.7. The van der Waals surface area contributed by atoms with Gasteiger partial charge in [-0.05, 0) is 19.1 Å². The highest BCUT2D eigenvalue weighted by atomic mass is 35.5. The van der Waals surface area contributed by atoms with Gasteiger partial charge < -0.3 is 11.1 Å². The predicted octanol–water partition coefficient (Wildman–Crippen LogP) is 1.60. The third kappa shape index (κ3) is 2.87. The van der Waals surface area contributed by atoms with Crippen molar-refractivity contribution >= 4 is 35.0 Å². The first-order valence-electron chi connectivity index (χ1n) is 4.47. The van der Waals surface area contributed by atoms with Crippen LogP contribution in [0, 0.1) is 0 Å². The lowest BCUT2D eigenvalue weighted by atomic mass is 10.2. The molecule has 3 N–H and O–H groups in total. The molecule has 0 aromatic heterocycles. The van der Waals surface area contributed by atoms with Gasteiger partial charge in [0, 0.05) is 0 Å². The number of nitrogens with two attached hydrogens (primary N) is 1. The Balaban J connectivity index is 2.93. The SMILES string of the molecule is CC(NC(=O)c1c(Cl)cccc1Cl)C(N)=O. The summed E-state index contributed by atoms with van der Waals surface area (Å²) in [6.45, 7) is 1.48. The molecule has 0 aliphatic carbocycles. The summed E-state index contributed by atoms with van der Waals surface area (Å²) in [7, 11) is 0. The molecule has 0 saturated carbocycles. The first-order chi connectivity index (χ1) is 7.43. The summed E-state index contributed by atoms with van der Waals surface area (Å²) in [5.41, 5.74) is 5.16. The molecular weight excluding hydrogens is 251 g/mol. The zero-order chi connectivity index (χ0) is 12.3. The lowest BCUT2D eigenvalue weighted by molar-refractivity contribution is -0.119. The van der Waals surface area contributed by atoms with Crippen molar-refractivity contribution in [3.63, 3.8) is 0 Å². The number of carbonyl (C=O) groups excluding carboxylic acids is 2. The average molecular weight is 261 g/mol. The van der Waals surface area contributed by atoms with E-state index in [1.807, 2.05) is 0 Å². The molecule has 1 aromatic carbocycles. The number of nitrogens with one attached hydrogen (secondary N) is 1. The first-order valence-corrected chi connectivity index (χ1v) is 5.23. The van der Waals surface area contributed by atoms with Crippen molar-refractivity contribution in [1.82, 2.24) is 5.32 Å². The molecule has 6 heteroatoms. The predicted molar refractivity (Wildman–Crippen MR) is 62.6 cm³/mol. The van der Waals surface area contributed by atoms with Crippen molar-refractivity contribution in [3.8, 4) is 0 Å². The van der Waals surface area contributed by atoms with Gasteiger partial charge in [0.2, 0.25) is 5.91 Å². The molecule has 0 spiro atoms. The van der Waals surface area contributed by atoms with Gasteiger partial charge >= 0.3 is 0 Å². The quantitative estimate of drug-likeness (QED) is 0.867. The maximum atomic E-state index is 11.7. The van der Waals surface area contributed by atoms with Crippen LogP contribution in [-0.4, -0.2) is 17.9 Å². The summed E-state index contributed by atoms with van der Waals surface area (Å²) in [5, 5.41) is 2.84. The molecule has 16 heavy (non-hydrogen) atoms. The normalized spacial score (nSPS) is 11.9. The average Bonchev–Trinajstić information content (AvgIpc) is 2.16. The van der Waals surface area contributed by atoms with Gasteiger partial charge in [-0.2, -0.15) is 0 Å². The standard InChI is InChI=1S/C10H10Cl2N2O2/c1-5(9(13)15)14-10(16)8-6(11)3-2-4-7(8)12/h2-5H,1H3,(H2,13,15)(H,14,16). The number of rotatable bonds is 3. The minimum Gasteiger partial charge on any atom is -0.368 e. The summed E-state index contributed by atoms with van der Waals surface area (Å²) < 4.78 is 0. The van der Waals surface area contributed by atoms with E-state index in [1.54, 1.807) is 6.07 Å². The Labute approximate surface area is 103 Å². The van der Waals surface area contributed by atoms with Crippen LogP contribution >= 0.6 is 23.2 Å². The molecule has 0 radical (unpaired) electrons. The molecule has 4 nitrogen and oxygen atoms in total. The molecule has 1 aromatic rings. The van der Waals surface area contributed by atoms with Crippen LogP contribution in [0.3, 0.4) is 0 Å². The lowest BCUT2D eigenvalue weighted by Crippen LogP contribution is -2.42. The van der Waals surface area contributed by atoms with Crippen molar-refractivity contribution in [2.75, 3.05) is 0 Å². The topological polar surface area (TPSA) is 72.2 Å². The van der Waals surface area contributed by atoms with E-state index >= 15 is 0 Å². The Morgan fingerprint density at radius 3 is 2.25 bits per heavy atom. The Kier molecular flexibility index (Phi) is 4.15. The van der Waals surface area contributed by atoms with Crippen molar-refractivity contribution in [2.24, 2.45) is 5.73 Å². The highest BCUT2D eigenvalue weighted by Crippen LogP contribution is 2.23. The van der Waals surface area contributed by atoms with Gasteiger partial charge in [0.05, 0.1) is 15.6 Å². The maximum Gasteiger partial charge on any atom is 0.254 e. The number of benzene rings is 1. The molecule has 1 unspecified atom stereocenters. The fourth-order valence-corrected chi connectivity index (χ4v) is 1.62. The monoisotopic (exact) mass is 260 g/mol. The molecule has 0 fully saturated rings. The van der Waals surface area contributed by atoms with Crippen LogP contribution in [0.2, 0.25) is 10.0 Å². The molecule has 0 aliphatic heterocycles. The van der Waals surface area contributed by atoms with Crippen LogP contribution in [0.4, 0.5) is 0 Å². The zero-order valence-electron chi connectivity index (χ0n) is 8.46. The van der Waals surface area contributed by atoms with E-state index in [9.17, 15) is 9.59 Å². The van der Waals surface area contributed by atoms with Gasteiger partial charge in [0.1, 0.15) is 6.04 Å². The largest absolute Gasteiger partial charge is 0.368 e. The van der Waals surface area contributed by atoms with Gasteiger partial charge in [-0.3, -0.25) is 9.59 Å². The minimum absolute atomic E-state index is 0.138. The summed E-state index contributed by atoms with van der Waals surface area (Å²) in [5.74, 6) is -1.15. The highest BCUT2D eigenvalue weighted by molar-refractivity contribution is 6.39. The molecule has 0 saturated heterocycles. The fourth-order valence-electron chi connectivity index (χ4n) is 1.05. The van der Waals surface area contributed by atoms with Gasteiger partial charge in [-0.15, -0.1) is 0 Å². The van der Waals surface area contributed by atoms with Crippen LogP contribution in [-0.2, 0) is 4.79 Å². The van der Waals surface area contributed by atoms with Gasteiger partial charge in [-0.25, -0.2) is 0 Å². The second-order valence-corrected chi connectivity index (χ2v) is 4.01. The van der Waals surface area contributed by atoms with Gasteiger partial charge in [-0.1, -0.05) is 29.3 Å². The number of hydrogen-bond acceptors (Lipinski definition) is 2.